The first kappa shape index (κ1) is 15.6. The molecule has 0 saturated carbocycles. The van der Waals surface area contributed by atoms with E-state index in [0.717, 1.165) is 15.6 Å². The van der Waals surface area contributed by atoms with Gasteiger partial charge in [-0.1, -0.05) is 22.0 Å². The zero-order chi connectivity index (χ0) is 16.6. The van der Waals surface area contributed by atoms with Crippen LogP contribution in [0.5, 0.6) is 0 Å². The maximum absolute atomic E-state index is 11.8. The Morgan fingerprint density at radius 1 is 1.13 bits per heavy atom. The zero-order valence-corrected chi connectivity index (χ0v) is 14.4. The minimum atomic E-state index is -0.545. The lowest BCUT2D eigenvalue weighted by molar-refractivity contribution is -0.123. The van der Waals surface area contributed by atoms with Gasteiger partial charge >= 0.3 is 0 Å². The SMILES string of the molecule is Cc1cc(-c2ccc(C=C3C(=O)NC(=S)NC3=O)o2)ccc1Br. The Morgan fingerprint density at radius 2 is 1.83 bits per heavy atom. The number of nitrogens with one attached hydrogen (secondary N) is 2. The van der Waals surface area contributed by atoms with E-state index in [2.05, 4.69) is 26.6 Å². The second-order valence-electron chi connectivity index (χ2n) is 4.96. The summed E-state index contributed by atoms with van der Waals surface area (Å²) in [6, 6.07) is 9.34. The molecule has 1 aliphatic rings. The van der Waals surface area contributed by atoms with Crippen LogP contribution in [0.2, 0.25) is 0 Å². The van der Waals surface area contributed by atoms with E-state index in [9.17, 15) is 9.59 Å². The Kier molecular flexibility index (Phi) is 4.14. The van der Waals surface area contributed by atoms with E-state index in [-0.39, 0.29) is 10.7 Å². The third-order valence-electron chi connectivity index (χ3n) is 3.30. The number of carbonyl (C=O) groups excluding carboxylic acids is 2. The van der Waals surface area contributed by atoms with Crippen LogP contribution in [-0.2, 0) is 9.59 Å². The van der Waals surface area contributed by atoms with Crippen molar-refractivity contribution in [2.75, 3.05) is 0 Å². The van der Waals surface area contributed by atoms with Crippen LogP contribution in [0.25, 0.3) is 17.4 Å². The summed E-state index contributed by atoms with van der Waals surface area (Å²) < 4.78 is 6.72. The number of hydrogen-bond acceptors (Lipinski definition) is 4. The van der Waals surface area contributed by atoms with Gasteiger partial charge in [0.2, 0.25) is 0 Å². The Morgan fingerprint density at radius 3 is 2.48 bits per heavy atom. The van der Waals surface area contributed by atoms with Crippen LogP contribution in [-0.4, -0.2) is 16.9 Å². The number of hydrogen-bond donors (Lipinski definition) is 2. The molecule has 2 amide bonds. The summed E-state index contributed by atoms with van der Waals surface area (Å²) in [5.41, 5.74) is 1.94. The molecule has 0 spiro atoms. The molecule has 23 heavy (non-hydrogen) atoms. The van der Waals surface area contributed by atoms with Gasteiger partial charge in [0.05, 0.1) is 0 Å². The molecule has 2 N–H and O–H groups in total. The topological polar surface area (TPSA) is 71.3 Å². The average Bonchev–Trinajstić information content (AvgIpc) is 2.94. The quantitative estimate of drug-likeness (QED) is 0.469. The number of rotatable bonds is 2. The molecular formula is C16H11BrN2O3S. The van der Waals surface area contributed by atoms with Crippen molar-refractivity contribution in [2.24, 2.45) is 0 Å². The summed E-state index contributed by atoms with van der Waals surface area (Å²) in [7, 11) is 0. The Balaban J connectivity index is 1.91. The number of halogens is 1. The summed E-state index contributed by atoms with van der Waals surface area (Å²) >= 11 is 8.20. The van der Waals surface area contributed by atoms with Crippen molar-refractivity contribution in [1.82, 2.24) is 10.6 Å². The molecule has 7 heteroatoms. The molecule has 1 aromatic carbocycles. The molecule has 2 aromatic rings. The fourth-order valence-electron chi connectivity index (χ4n) is 2.13. The highest BCUT2D eigenvalue weighted by Crippen LogP contribution is 2.27. The highest BCUT2D eigenvalue weighted by molar-refractivity contribution is 9.10. The number of benzene rings is 1. The van der Waals surface area contributed by atoms with E-state index < -0.39 is 11.8 Å². The molecule has 1 aliphatic heterocycles. The minimum Gasteiger partial charge on any atom is -0.457 e. The summed E-state index contributed by atoms with van der Waals surface area (Å²) in [4.78, 5) is 23.6. The van der Waals surface area contributed by atoms with Gasteiger partial charge in [-0.3, -0.25) is 20.2 Å². The molecule has 0 atom stereocenters. The molecule has 1 saturated heterocycles. The molecule has 1 fully saturated rings. The maximum Gasteiger partial charge on any atom is 0.263 e. The molecule has 0 radical (unpaired) electrons. The van der Waals surface area contributed by atoms with Crippen molar-refractivity contribution >= 4 is 51.2 Å². The highest BCUT2D eigenvalue weighted by atomic mass is 79.9. The molecule has 0 aliphatic carbocycles. The van der Waals surface area contributed by atoms with Gasteiger partial charge in [-0.2, -0.15) is 0 Å². The van der Waals surface area contributed by atoms with E-state index in [1.807, 2.05) is 25.1 Å². The highest BCUT2D eigenvalue weighted by Gasteiger charge is 2.26. The van der Waals surface area contributed by atoms with Crippen molar-refractivity contribution in [3.05, 3.63) is 51.7 Å². The zero-order valence-electron chi connectivity index (χ0n) is 12.0. The standard InChI is InChI=1S/C16H11BrN2O3S/c1-8-6-9(2-4-12(8)17)13-5-3-10(22-13)7-11-14(20)18-16(23)19-15(11)21/h2-7H,1H3,(H2,18,19,20,21,23). The lowest BCUT2D eigenvalue weighted by Gasteiger charge is -2.15. The number of thiocarbonyl (C=S) groups is 1. The lowest BCUT2D eigenvalue weighted by Crippen LogP contribution is -2.51. The second-order valence-corrected chi connectivity index (χ2v) is 6.22. The van der Waals surface area contributed by atoms with Crippen LogP contribution in [0, 0.1) is 6.92 Å². The van der Waals surface area contributed by atoms with Gasteiger partial charge in [0.1, 0.15) is 17.1 Å². The van der Waals surface area contributed by atoms with Gasteiger partial charge in [-0.25, -0.2) is 0 Å². The Labute approximate surface area is 145 Å². The van der Waals surface area contributed by atoms with Gasteiger partial charge in [0.25, 0.3) is 11.8 Å². The largest absolute Gasteiger partial charge is 0.457 e. The van der Waals surface area contributed by atoms with Crippen LogP contribution in [0.15, 0.2) is 44.8 Å². The van der Waals surface area contributed by atoms with Crippen molar-refractivity contribution < 1.29 is 14.0 Å². The minimum absolute atomic E-state index is 0.00243. The Bertz CT molecular complexity index is 848. The summed E-state index contributed by atoms with van der Waals surface area (Å²) in [6.07, 6.45) is 1.39. The third kappa shape index (κ3) is 3.25. The fraction of sp³-hybridized carbons (Fsp3) is 0.0625. The molecule has 116 valence electrons. The van der Waals surface area contributed by atoms with E-state index >= 15 is 0 Å². The van der Waals surface area contributed by atoms with Gasteiger partial charge in [-0.05, 0) is 55.0 Å². The molecular weight excluding hydrogens is 380 g/mol. The normalized spacial score (nSPS) is 14.5. The fourth-order valence-corrected chi connectivity index (χ4v) is 2.56. The number of furan rings is 1. The molecule has 1 aromatic heterocycles. The van der Waals surface area contributed by atoms with Crippen LogP contribution < -0.4 is 10.6 Å². The van der Waals surface area contributed by atoms with Gasteiger partial charge in [0.15, 0.2) is 5.11 Å². The first-order valence-corrected chi connectivity index (χ1v) is 7.89. The Hall–Kier alpha value is -2.25. The van der Waals surface area contributed by atoms with Crippen molar-refractivity contribution in [3.63, 3.8) is 0 Å². The van der Waals surface area contributed by atoms with Gasteiger partial charge in [0, 0.05) is 10.0 Å². The first-order chi connectivity index (χ1) is 10.9. The number of carbonyl (C=O) groups is 2. The third-order valence-corrected chi connectivity index (χ3v) is 4.39. The second kappa shape index (κ2) is 6.10. The predicted molar refractivity (Wildman–Crippen MR) is 93.4 cm³/mol. The van der Waals surface area contributed by atoms with E-state index in [1.54, 1.807) is 12.1 Å². The van der Waals surface area contributed by atoms with Crippen LogP contribution >= 0.6 is 28.1 Å². The summed E-state index contributed by atoms with van der Waals surface area (Å²) in [5, 5.41) is 4.76. The molecule has 0 bridgehead atoms. The lowest BCUT2D eigenvalue weighted by atomic mass is 10.1. The molecule has 2 heterocycles. The molecule has 3 rings (SSSR count). The van der Waals surface area contributed by atoms with Gasteiger partial charge in [-0.15, -0.1) is 0 Å². The number of aryl methyl sites for hydroxylation is 1. The number of amides is 2. The van der Waals surface area contributed by atoms with E-state index in [0.29, 0.717) is 11.5 Å². The predicted octanol–water partition coefficient (Wildman–Crippen LogP) is 2.93. The maximum atomic E-state index is 11.8. The van der Waals surface area contributed by atoms with E-state index in [1.165, 1.54) is 6.08 Å². The first-order valence-electron chi connectivity index (χ1n) is 6.69. The van der Waals surface area contributed by atoms with Crippen LogP contribution in [0.4, 0.5) is 0 Å². The smallest absolute Gasteiger partial charge is 0.263 e. The van der Waals surface area contributed by atoms with Crippen LogP contribution in [0.3, 0.4) is 0 Å². The van der Waals surface area contributed by atoms with Crippen molar-refractivity contribution in [2.45, 2.75) is 6.92 Å². The van der Waals surface area contributed by atoms with Crippen LogP contribution in [0.1, 0.15) is 11.3 Å². The summed E-state index contributed by atoms with van der Waals surface area (Å²) in [6.45, 7) is 1.99. The van der Waals surface area contributed by atoms with Crippen molar-refractivity contribution in [3.8, 4) is 11.3 Å². The molecule has 5 nitrogen and oxygen atoms in total. The average molecular weight is 391 g/mol. The molecule has 0 unspecified atom stereocenters. The summed E-state index contributed by atoms with van der Waals surface area (Å²) in [5.74, 6) is -0.0272. The monoisotopic (exact) mass is 390 g/mol. The van der Waals surface area contributed by atoms with E-state index in [4.69, 9.17) is 16.6 Å². The van der Waals surface area contributed by atoms with Gasteiger partial charge < -0.3 is 4.42 Å². The van der Waals surface area contributed by atoms with Crippen molar-refractivity contribution in [1.29, 1.82) is 0 Å².